The van der Waals surface area contributed by atoms with Crippen molar-refractivity contribution in [2.24, 2.45) is 5.41 Å². The van der Waals surface area contributed by atoms with Crippen LogP contribution in [0.15, 0.2) is 24.3 Å². The van der Waals surface area contributed by atoms with Gasteiger partial charge >= 0.3 is 5.97 Å². The van der Waals surface area contributed by atoms with E-state index in [4.69, 9.17) is 10.2 Å². The van der Waals surface area contributed by atoms with Crippen LogP contribution < -0.4 is 5.32 Å². The van der Waals surface area contributed by atoms with Crippen molar-refractivity contribution in [3.05, 3.63) is 35.4 Å². The fraction of sp³-hybridized carbons (Fsp3) is 0.429. The van der Waals surface area contributed by atoms with E-state index in [0.717, 1.165) is 12.8 Å². The minimum Gasteiger partial charge on any atom is -0.478 e. The van der Waals surface area contributed by atoms with E-state index in [9.17, 15) is 9.59 Å². The van der Waals surface area contributed by atoms with Crippen molar-refractivity contribution < 1.29 is 19.8 Å². The normalized spacial score (nSPS) is 15.8. The average Bonchev–Trinajstić information content (AvgIpc) is 3.17. The lowest BCUT2D eigenvalue weighted by atomic mass is 10.0. The van der Waals surface area contributed by atoms with Crippen LogP contribution in [0.5, 0.6) is 0 Å². The summed E-state index contributed by atoms with van der Waals surface area (Å²) >= 11 is 0. The van der Waals surface area contributed by atoms with E-state index in [1.165, 1.54) is 12.1 Å². The highest BCUT2D eigenvalue weighted by molar-refractivity contribution is 6.04. The lowest BCUT2D eigenvalue weighted by molar-refractivity contribution is 0.0691. The van der Waals surface area contributed by atoms with Gasteiger partial charge in [-0.3, -0.25) is 4.79 Å². The van der Waals surface area contributed by atoms with Crippen LogP contribution in [0.25, 0.3) is 0 Å². The number of benzene rings is 1. The lowest BCUT2D eigenvalue weighted by Gasteiger charge is -2.15. The van der Waals surface area contributed by atoms with Crippen molar-refractivity contribution in [2.45, 2.75) is 19.3 Å². The van der Waals surface area contributed by atoms with Crippen molar-refractivity contribution >= 4 is 11.9 Å². The Hall–Kier alpha value is -1.88. The maximum Gasteiger partial charge on any atom is 0.336 e. The molecular weight excluding hydrogens is 246 g/mol. The molecule has 0 radical (unpaired) electrons. The van der Waals surface area contributed by atoms with Gasteiger partial charge in [0.1, 0.15) is 0 Å². The number of carbonyl (C=O) groups is 2. The van der Waals surface area contributed by atoms with Gasteiger partial charge in [0, 0.05) is 13.2 Å². The molecule has 1 aromatic rings. The number of nitrogens with one attached hydrogen (secondary N) is 1. The minimum absolute atomic E-state index is 0.00649. The Morgan fingerprint density at radius 3 is 2.37 bits per heavy atom. The Morgan fingerprint density at radius 2 is 1.84 bits per heavy atom. The monoisotopic (exact) mass is 263 g/mol. The molecular formula is C14H17NO4. The smallest absolute Gasteiger partial charge is 0.336 e. The molecule has 0 aliphatic heterocycles. The number of carboxylic acids is 1. The summed E-state index contributed by atoms with van der Waals surface area (Å²) in [5.41, 5.74) is 0.199. The van der Waals surface area contributed by atoms with E-state index in [2.05, 4.69) is 5.32 Å². The molecule has 1 aromatic carbocycles. The Kier molecular flexibility index (Phi) is 3.85. The average molecular weight is 263 g/mol. The van der Waals surface area contributed by atoms with E-state index in [1.807, 2.05) is 0 Å². The molecule has 0 aromatic heterocycles. The summed E-state index contributed by atoms with van der Waals surface area (Å²) in [7, 11) is 0. The van der Waals surface area contributed by atoms with Crippen LogP contribution in [0.2, 0.25) is 0 Å². The van der Waals surface area contributed by atoms with E-state index >= 15 is 0 Å². The Morgan fingerprint density at radius 1 is 1.21 bits per heavy atom. The number of amides is 1. The first-order valence-electron chi connectivity index (χ1n) is 6.29. The molecule has 0 saturated heterocycles. The molecule has 102 valence electrons. The van der Waals surface area contributed by atoms with E-state index < -0.39 is 5.97 Å². The molecule has 3 N–H and O–H groups in total. The van der Waals surface area contributed by atoms with Crippen LogP contribution in [-0.2, 0) is 0 Å². The summed E-state index contributed by atoms with van der Waals surface area (Å²) in [5, 5.41) is 20.7. The third-order valence-electron chi connectivity index (χ3n) is 3.63. The third kappa shape index (κ3) is 3.12. The molecule has 0 atom stereocenters. The van der Waals surface area contributed by atoms with Crippen LogP contribution in [0.4, 0.5) is 0 Å². The van der Waals surface area contributed by atoms with Gasteiger partial charge in [-0.25, -0.2) is 4.79 Å². The molecule has 1 saturated carbocycles. The second-order valence-electron chi connectivity index (χ2n) is 5.01. The first-order valence-corrected chi connectivity index (χ1v) is 6.29. The number of aliphatic hydroxyl groups excluding tert-OH is 1. The first kappa shape index (κ1) is 13.5. The Labute approximate surface area is 111 Å². The van der Waals surface area contributed by atoms with Crippen molar-refractivity contribution in [3.8, 4) is 0 Å². The largest absolute Gasteiger partial charge is 0.478 e. The molecule has 5 nitrogen and oxygen atoms in total. The number of hydrogen-bond donors (Lipinski definition) is 3. The van der Waals surface area contributed by atoms with E-state index in [1.54, 1.807) is 12.1 Å². The SMILES string of the molecule is O=C(O)c1ccccc1C(=O)NCC1(CCO)CC1. The van der Waals surface area contributed by atoms with Gasteiger partial charge in [-0.2, -0.15) is 0 Å². The third-order valence-corrected chi connectivity index (χ3v) is 3.63. The lowest BCUT2D eigenvalue weighted by Crippen LogP contribution is -2.31. The summed E-state index contributed by atoms with van der Waals surface area (Å²) in [5.74, 6) is -1.48. The molecule has 1 fully saturated rings. The second-order valence-corrected chi connectivity index (χ2v) is 5.01. The fourth-order valence-electron chi connectivity index (χ4n) is 2.16. The fourth-order valence-corrected chi connectivity index (χ4v) is 2.16. The van der Waals surface area contributed by atoms with Gasteiger partial charge in [0.25, 0.3) is 5.91 Å². The Bertz CT molecular complexity index is 494. The van der Waals surface area contributed by atoms with Crippen LogP contribution in [0.3, 0.4) is 0 Å². The van der Waals surface area contributed by atoms with Gasteiger partial charge in [-0.15, -0.1) is 0 Å². The van der Waals surface area contributed by atoms with Crippen molar-refractivity contribution in [1.29, 1.82) is 0 Å². The van der Waals surface area contributed by atoms with Crippen molar-refractivity contribution in [3.63, 3.8) is 0 Å². The quantitative estimate of drug-likeness (QED) is 0.721. The second kappa shape index (κ2) is 5.40. The predicted octanol–water partition coefficient (Wildman–Crippen LogP) is 1.28. The molecule has 0 unspecified atom stereocenters. The van der Waals surface area contributed by atoms with Crippen molar-refractivity contribution in [1.82, 2.24) is 5.32 Å². The van der Waals surface area contributed by atoms with Crippen molar-refractivity contribution in [2.75, 3.05) is 13.2 Å². The molecule has 5 heteroatoms. The maximum absolute atomic E-state index is 12.0. The number of aliphatic hydroxyl groups is 1. The molecule has 0 bridgehead atoms. The van der Waals surface area contributed by atoms with Gasteiger partial charge in [0.15, 0.2) is 0 Å². The van der Waals surface area contributed by atoms with Crippen LogP contribution in [0.1, 0.15) is 40.0 Å². The van der Waals surface area contributed by atoms with Gasteiger partial charge in [0.2, 0.25) is 0 Å². The predicted molar refractivity (Wildman–Crippen MR) is 69.1 cm³/mol. The van der Waals surface area contributed by atoms with E-state index in [0.29, 0.717) is 13.0 Å². The molecule has 1 aliphatic carbocycles. The molecule has 1 aliphatic rings. The van der Waals surface area contributed by atoms with Crippen LogP contribution in [0, 0.1) is 5.41 Å². The maximum atomic E-state index is 12.0. The zero-order valence-electron chi connectivity index (χ0n) is 10.6. The highest BCUT2D eigenvalue weighted by Gasteiger charge is 2.42. The zero-order valence-corrected chi connectivity index (χ0v) is 10.6. The molecule has 0 spiro atoms. The van der Waals surface area contributed by atoms with Gasteiger partial charge in [-0.1, -0.05) is 12.1 Å². The highest BCUT2D eigenvalue weighted by atomic mass is 16.4. The first-order chi connectivity index (χ1) is 9.08. The topological polar surface area (TPSA) is 86.6 Å². The number of rotatable bonds is 6. The highest BCUT2D eigenvalue weighted by Crippen LogP contribution is 2.47. The van der Waals surface area contributed by atoms with Gasteiger partial charge in [-0.05, 0) is 36.8 Å². The number of aromatic carboxylic acids is 1. The molecule has 1 amide bonds. The minimum atomic E-state index is -1.11. The van der Waals surface area contributed by atoms with E-state index in [-0.39, 0.29) is 29.1 Å². The molecule has 2 rings (SSSR count). The molecule has 19 heavy (non-hydrogen) atoms. The van der Waals surface area contributed by atoms with Gasteiger partial charge in [0.05, 0.1) is 11.1 Å². The number of carbonyl (C=O) groups excluding carboxylic acids is 1. The standard InChI is InChI=1S/C14H17NO4/c16-8-7-14(5-6-14)9-15-12(17)10-3-1-2-4-11(10)13(18)19/h1-4,16H,5-9H2,(H,15,17)(H,18,19). The molecule has 0 heterocycles. The Balaban J connectivity index is 2.03. The number of carboxylic acid groups (broad SMARTS) is 1. The number of hydrogen-bond acceptors (Lipinski definition) is 3. The summed E-state index contributed by atoms with van der Waals surface area (Å²) in [6.45, 7) is 0.599. The summed E-state index contributed by atoms with van der Waals surface area (Å²) in [6, 6.07) is 6.15. The zero-order chi connectivity index (χ0) is 13.9. The summed E-state index contributed by atoms with van der Waals surface area (Å²) in [4.78, 5) is 23.0. The van der Waals surface area contributed by atoms with Crippen LogP contribution in [-0.4, -0.2) is 35.2 Å². The summed E-state index contributed by atoms with van der Waals surface area (Å²) in [6.07, 6.45) is 2.66. The van der Waals surface area contributed by atoms with Crippen LogP contribution >= 0.6 is 0 Å². The van der Waals surface area contributed by atoms with Gasteiger partial charge < -0.3 is 15.5 Å². The summed E-state index contributed by atoms with van der Waals surface area (Å²) < 4.78 is 0.